The van der Waals surface area contributed by atoms with Gasteiger partial charge in [-0.3, -0.25) is 14.6 Å². The van der Waals surface area contributed by atoms with Crippen LogP contribution in [0.5, 0.6) is 0 Å². The van der Waals surface area contributed by atoms with Gasteiger partial charge < -0.3 is 10.2 Å². The van der Waals surface area contributed by atoms with Gasteiger partial charge in [0.15, 0.2) is 0 Å². The summed E-state index contributed by atoms with van der Waals surface area (Å²) in [6.45, 7) is 1.02. The number of carbonyl (C=O) groups is 2. The molecule has 1 aliphatic rings. The molecule has 2 heterocycles. The van der Waals surface area contributed by atoms with Crippen LogP contribution >= 0.6 is 11.8 Å². The number of hydrogen-bond acceptors (Lipinski definition) is 4. The van der Waals surface area contributed by atoms with Crippen molar-refractivity contribution in [1.29, 1.82) is 0 Å². The van der Waals surface area contributed by atoms with Crippen molar-refractivity contribution < 1.29 is 14.0 Å². The lowest BCUT2D eigenvalue weighted by Crippen LogP contribution is -2.41. The number of hydrogen-bond donors (Lipinski definition) is 1. The highest BCUT2D eigenvalue weighted by Crippen LogP contribution is 2.25. The Balaban J connectivity index is 1.24. The quantitative estimate of drug-likeness (QED) is 0.538. The molecule has 0 bridgehead atoms. The second-order valence-corrected chi connectivity index (χ2v) is 8.79. The molecular weight excluding hydrogens is 425 g/mol. The summed E-state index contributed by atoms with van der Waals surface area (Å²) >= 11 is 1.72. The summed E-state index contributed by atoms with van der Waals surface area (Å²) in [6, 6.07) is 17.4. The van der Waals surface area contributed by atoms with Crippen LogP contribution in [-0.2, 0) is 10.5 Å². The number of nitrogens with one attached hydrogen (secondary N) is 1. The van der Waals surface area contributed by atoms with Crippen molar-refractivity contribution in [2.75, 3.05) is 18.4 Å². The first kappa shape index (κ1) is 22.0. The lowest BCUT2D eigenvalue weighted by molar-refractivity contribution is -0.121. The Hall–Kier alpha value is -3.19. The average molecular weight is 450 g/mol. The fourth-order valence-corrected chi connectivity index (χ4v) is 4.48. The maximum atomic E-state index is 13.1. The van der Waals surface area contributed by atoms with Crippen LogP contribution in [0, 0.1) is 11.7 Å². The second-order valence-electron chi connectivity index (χ2n) is 7.74. The number of anilines is 1. The summed E-state index contributed by atoms with van der Waals surface area (Å²) in [5, 5.41) is 2.99. The van der Waals surface area contributed by atoms with E-state index in [1.165, 1.54) is 29.8 Å². The first-order chi connectivity index (χ1) is 15.6. The number of aromatic nitrogens is 1. The van der Waals surface area contributed by atoms with E-state index < -0.39 is 0 Å². The molecule has 32 heavy (non-hydrogen) atoms. The Morgan fingerprint density at radius 1 is 1.03 bits per heavy atom. The molecule has 0 unspecified atom stereocenters. The summed E-state index contributed by atoms with van der Waals surface area (Å²) in [6.07, 6.45) is 4.84. The van der Waals surface area contributed by atoms with E-state index in [0.29, 0.717) is 31.5 Å². The SMILES string of the molecule is O=C(Nc1ccc(SCc2cccnc2)cc1)C1CCN(C(=O)c2ccc(F)cc2)CC1. The van der Waals surface area contributed by atoms with Crippen LogP contribution in [-0.4, -0.2) is 34.8 Å². The number of benzene rings is 2. The zero-order chi connectivity index (χ0) is 22.3. The highest BCUT2D eigenvalue weighted by atomic mass is 32.2. The van der Waals surface area contributed by atoms with Gasteiger partial charge in [-0.05, 0) is 73.0 Å². The van der Waals surface area contributed by atoms with Crippen LogP contribution in [0.1, 0.15) is 28.8 Å². The number of amides is 2. The molecule has 7 heteroatoms. The topological polar surface area (TPSA) is 62.3 Å². The molecule has 0 spiro atoms. The first-order valence-corrected chi connectivity index (χ1v) is 11.5. The van der Waals surface area contributed by atoms with Crippen LogP contribution in [0.4, 0.5) is 10.1 Å². The number of thioether (sulfide) groups is 1. The van der Waals surface area contributed by atoms with E-state index in [4.69, 9.17) is 0 Å². The molecule has 0 radical (unpaired) electrons. The van der Waals surface area contributed by atoms with Gasteiger partial charge in [0.05, 0.1) is 0 Å². The average Bonchev–Trinajstić information content (AvgIpc) is 2.84. The van der Waals surface area contributed by atoms with Gasteiger partial charge >= 0.3 is 0 Å². The third-order valence-corrected chi connectivity index (χ3v) is 6.58. The molecule has 0 atom stereocenters. The number of rotatable bonds is 6. The van der Waals surface area contributed by atoms with E-state index in [1.807, 2.05) is 42.6 Å². The van der Waals surface area contributed by atoms with Gasteiger partial charge in [-0.1, -0.05) is 6.07 Å². The molecule has 164 valence electrons. The smallest absolute Gasteiger partial charge is 0.253 e. The number of piperidine rings is 1. The number of pyridine rings is 1. The zero-order valence-corrected chi connectivity index (χ0v) is 18.4. The molecule has 5 nitrogen and oxygen atoms in total. The van der Waals surface area contributed by atoms with E-state index in [2.05, 4.69) is 10.3 Å². The summed E-state index contributed by atoms with van der Waals surface area (Å²) in [4.78, 5) is 32.2. The Bertz CT molecular complexity index is 1050. The van der Waals surface area contributed by atoms with Gasteiger partial charge in [0.2, 0.25) is 5.91 Å². The standard InChI is InChI=1S/C25H24FN3O2S/c26-21-5-3-20(4-6-21)25(31)29-14-11-19(12-15-29)24(30)28-22-7-9-23(10-8-22)32-17-18-2-1-13-27-16-18/h1-10,13,16,19H,11-12,14-15,17H2,(H,28,30). The van der Waals surface area contributed by atoms with Crippen molar-refractivity contribution in [2.45, 2.75) is 23.5 Å². The van der Waals surface area contributed by atoms with Gasteiger partial charge in [-0.2, -0.15) is 0 Å². The minimum atomic E-state index is -0.364. The lowest BCUT2D eigenvalue weighted by Gasteiger charge is -2.31. The van der Waals surface area contributed by atoms with E-state index in [9.17, 15) is 14.0 Å². The van der Waals surface area contributed by atoms with Crippen LogP contribution in [0.15, 0.2) is 78.0 Å². The Labute approximate surface area is 191 Å². The fourth-order valence-electron chi connectivity index (χ4n) is 3.65. The van der Waals surface area contributed by atoms with E-state index in [-0.39, 0.29) is 23.5 Å². The number of nitrogens with zero attached hydrogens (tertiary/aromatic N) is 2. The zero-order valence-electron chi connectivity index (χ0n) is 17.5. The van der Waals surface area contributed by atoms with Crippen molar-refractivity contribution in [3.05, 3.63) is 90.0 Å². The van der Waals surface area contributed by atoms with Gasteiger partial charge in [0, 0.05) is 53.3 Å². The lowest BCUT2D eigenvalue weighted by atomic mass is 9.95. The number of likely N-dealkylation sites (tertiary alicyclic amines) is 1. The van der Waals surface area contributed by atoms with Crippen LogP contribution < -0.4 is 5.32 Å². The van der Waals surface area contributed by atoms with E-state index in [1.54, 1.807) is 22.9 Å². The van der Waals surface area contributed by atoms with Gasteiger partial charge in [0.1, 0.15) is 5.82 Å². The van der Waals surface area contributed by atoms with Crippen molar-refractivity contribution >= 4 is 29.3 Å². The number of carbonyl (C=O) groups excluding carboxylic acids is 2. The molecule has 1 aromatic heterocycles. The molecule has 3 aromatic rings. The minimum absolute atomic E-state index is 0.0188. The van der Waals surface area contributed by atoms with Gasteiger partial charge in [0.25, 0.3) is 5.91 Å². The van der Waals surface area contributed by atoms with Gasteiger partial charge in [-0.25, -0.2) is 4.39 Å². The molecule has 1 aliphatic heterocycles. The molecule has 1 N–H and O–H groups in total. The number of halogens is 1. The summed E-state index contributed by atoms with van der Waals surface area (Å²) < 4.78 is 13.1. The fraction of sp³-hybridized carbons (Fsp3) is 0.240. The van der Waals surface area contributed by atoms with Crippen molar-refractivity contribution in [3.8, 4) is 0 Å². The highest BCUT2D eigenvalue weighted by Gasteiger charge is 2.27. The Kier molecular flexibility index (Phi) is 7.17. The monoisotopic (exact) mass is 449 g/mol. The highest BCUT2D eigenvalue weighted by molar-refractivity contribution is 7.98. The Morgan fingerprint density at radius 2 is 1.75 bits per heavy atom. The van der Waals surface area contributed by atoms with Crippen LogP contribution in [0.25, 0.3) is 0 Å². The largest absolute Gasteiger partial charge is 0.339 e. The summed E-state index contributed by atoms with van der Waals surface area (Å²) in [5.41, 5.74) is 2.40. The first-order valence-electron chi connectivity index (χ1n) is 10.6. The molecule has 4 rings (SSSR count). The second kappa shape index (κ2) is 10.4. The molecule has 0 aliphatic carbocycles. The van der Waals surface area contributed by atoms with Crippen molar-refractivity contribution in [1.82, 2.24) is 9.88 Å². The third kappa shape index (κ3) is 5.73. The molecule has 1 fully saturated rings. The summed E-state index contributed by atoms with van der Waals surface area (Å²) in [7, 11) is 0. The third-order valence-electron chi connectivity index (χ3n) is 5.49. The Morgan fingerprint density at radius 3 is 2.41 bits per heavy atom. The maximum absolute atomic E-state index is 13.1. The minimum Gasteiger partial charge on any atom is -0.339 e. The predicted molar refractivity (Wildman–Crippen MR) is 124 cm³/mol. The summed E-state index contributed by atoms with van der Waals surface area (Å²) in [5.74, 6) is 0.205. The van der Waals surface area contributed by atoms with E-state index >= 15 is 0 Å². The van der Waals surface area contributed by atoms with Crippen molar-refractivity contribution in [2.24, 2.45) is 5.92 Å². The van der Waals surface area contributed by atoms with E-state index in [0.717, 1.165) is 16.3 Å². The molecule has 2 amide bonds. The molecule has 2 aromatic carbocycles. The van der Waals surface area contributed by atoms with Crippen LogP contribution in [0.3, 0.4) is 0 Å². The molecule has 0 saturated carbocycles. The normalized spacial score (nSPS) is 14.2. The molecule has 1 saturated heterocycles. The predicted octanol–water partition coefficient (Wildman–Crippen LogP) is 5.00. The van der Waals surface area contributed by atoms with Crippen LogP contribution in [0.2, 0.25) is 0 Å². The van der Waals surface area contributed by atoms with Gasteiger partial charge in [-0.15, -0.1) is 11.8 Å². The maximum Gasteiger partial charge on any atom is 0.253 e. The van der Waals surface area contributed by atoms with Crippen molar-refractivity contribution in [3.63, 3.8) is 0 Å². The molecular formula is C25H24FN3O2S.